The van der Waals surface area contributed by atoms with Gasteiger partial charge in [0.15, 0.2) is 0 Å². The molecule has 0 unspecified atom stereocenters. The summed E-state index contributed by atoms with van der Waals surface area (Å²) in [4.78, 5) is 0. The zero-order chi connectivity index (χ0) is 21.2. The van der Waals surface area contributed by atoms with E-state index in [0.29, 0.717) is 10.3 Å². The smallest absolute Gasteiger partial charge is 0.423 e. The molecule has 0 aliphatic rings. The van der Waals surface area contributed by atoms with Crippen molar-refractivity contribution in [2.45, 2.75) is 0 Å². The molecule has 0 aliphatic heterocycles. The van der Waals surface area contributed by atoms with E-state index in [9.17, 15) is 10.0 Å². The third-order valence-electron chi connectivity index (χ3n) is 3.38. The summed E-state index contributed by atoms with van der Waals surface area (Å²) in [6, 6.07) is 4.20. The minimum absolute atomic E-state index is 0.0450. The number of benzene rings is 3. The normalized spacial score (nSPS) is 15.6. The van der Waals surface area contributed by atoms with Crippen LogP contribution in [0.4, 0.5) is 0 Å². The van der Waals surface area contributed by atoms with Gasteiger partial charge in [-0.3, -0.25) is 0 Å². The number of thiophene rings is 1. The van der Waals surface area contributed by atoms with E-state index >= 15 is 0 Å². The molecule has 0 spiro atoms. The van der Waals surface area contributed by atoms with Gasteiger partial charge in [0, 0.05) is 20.2 Å². The minimum atomic E-state index is -1.64. The Morgan fingerprint density at radius 3 is 2.32 bits per heavy atom. The molecular formula is C18H13BO2S. The molecule has 4 aromatic rings. The highest BCUT2D eigenvalue weighted by Crippen LogP contribution is 2.35. The average molecular weight is 311 g/mol. The van der Waals surface area contributed by atoms with E-state index in [0.717, 1.165) is 11.3 Å². The van der Waals surface area contributed by atoms with Crippen molar-refractivity contribution in [2.24, 2.45) is 0 Å². The third kappa shape index (κ3) is 2.22. The predicted octanol–water partition coefficient (Wildman–Crippen LogP) is 3.40. The van der Waals surface area contributed by atoms with Gasteiger partial charge in [-0.15, -0.1) is 11.3 Å². The molecule has 2 nitrogen and oxygen atoms in total. The summed E-state index contributed by atoms with van der Waals surface area (Å²) in [6.07, 6.45) is 0. The first-order valence-electron chi connectivity index (χ1n) is 10.0. The summed E-state index contributed by atoms with van der Waals surface area (Å²) >= 11 is 1.01. The van der Waals surface area contributed by atoms with E-state index in [1.807, 2.05) is 0 Å². The van der Waals surface area contributed by atoms with Crippen molar-refractivity contribution < 1.29 is 19.6 Å². The van der Waals surface area contributed by atoms with Crippen LogP contribution in [0.2, 0.25) is 0 Å². The standard InChI is InChI=1S/C18H13BO2S/c20-19(21)14-8-5-12(6-9-14)13-7-10-16-15-3-1-2-4-17(15)22-18(16)11-13/h1-11,20-21H/i1D,2D,3D,4D,7D,10D,11D. The molecule has 0 saturated heterocycles. The highest BCUT2D eigenvalue weighted by atomic mass is 32.1. The second-order valence-corrected chi connectivity index (χ2v) is 5.78. The molecule has 1 aromatic heterocycles. The summed E-state index contributed by atoms with van der Waals surface area (Å²) < 4.78 is 58.2. The molecule has 0 atom stereocenters. The molecule has 0 aliphatic carbocycles. The van der Waals surface area contributed by atoms with Crippen LogP contribution in [0.5, 0.6) is 0 Å². The molecule has 0 fully saturated rings. The van der Waals surface area contributed by atoms with Crippen molar-refractivity contribution in [3.63, 3.8) is 0 Å². The van der Waals surface area contributed by atoms with E-state index < -0.39 is 13.2 Å². The van der Waals surface area contributed by atoms with E-state index in [1.54, 1.807) is 0 Å². The van der Waals surface area contributed by atoms with Gasteiger partial charge >= 0.3 is 7.12 Å². The SMILES string of the molecule is [2H]c1c([2H])c([2H])c2c(sc3c([2H])c(-c4ccc(B(O)O)cc4)c([2H])c([2H])c32)c1[2H]. The molecule has 0 radical (unpaired) electrons. The van der Waals surface area contributed by atoms with Gasteiger partial charge < -0.3 is 10.0 Å². The largest absolute Gasteiger partial charge is 0.488 e. The summed E-state index contributed by atoms with van der Waals surface area (Å²) in [5.41, 5.74) is 0.893. The van der Waals surface area contributed by atoms with Crippen molar-refractivity contribution in [3.8, 4) is 11.1 Å². The fraction of sp³-hybridized carbons (Fsp3) is 0. The van der Waals surface area contributed by atoms with Crippen LogP contribution < -0.4 is 5.46 Å². The van der Waals surface area contributed by atoms with Crippen molar-refractivity contribution >= 4 is 44.1 Å². The molecule has 0 bridgehead atoms. The molecule has 0 amide bonds. The molecular weight excluding hydrogens is 291 g/mol. The van der Waals surface area contributed by atoms with Crippen LogP contribution >= 0.6 is 11.3 Å². The Bertz CT molecular complexity index is 1300. The second-order valence-electron chi connectivity index (χ2n) is 4.76. The van der Waals surface area contributed by atoms with Gasteiger partial charge in [-0.25, -0.2) is 0 Å². The number of hydrogen-bond donors (Lipinski definition) is 2. The van der Waals surface area contributed by atoms with E-state index in [1.165, 1.54) is 24.3 Å². The minimum Gasteiger partial charge on any atom is -0.423 e. The fourth-order valence-corrected chi connectivity index (χ4v) is 3.23. The molecule has 4 heteroatoms. The predicted molar refractivity (Wildman–Crippen MR) is 94.6 cm³/mol. The summed E-state index contributed by atoms with van der Waals surface area (Å²) in [5.74, 6) is 0. The van der Waals surface area contributed by atoms with Gasteiger partial charge in [-0.1, -0.05) is 54.5 Å². The molecule has 0 saturated carbocycles. The molecule has 1 heterocycles. The van der Waals surface area contributed by atoms with Gasteiger partial charge in [0.2, 0.25) is 0 Å². The van der Waals surface area contributed by atoms with Crippen molar-refractivity contribution in [2.75, 3.05) is 0 Å². The highest BCUT2D eigenvalue weighted by Gasteiger charge is 2.11. The topological polar surface area (TPSA) is 40.5 Å². The lowest BCUT2D eigenvalue weighted by atomic mass is 9.80. The van der Waals surface area contributed by atoms with E-state index in [4.69, 9.17) is 9.60 Å². The lowest BCUT2D eigenvalue weighted by molar-refractivity contribution is 0.426. The third-order valence-corrected chi connectivity index (χ3v) is 4.40. The van der Waals surface area contributed by atoms with Crippen LogP contribution in [0.25, 0.3) is 31.3 Å². The Kier molecular flexibility index (Phi) is 1.89. The average Bonchev–Trinajstić information content (AvgIpc) is 3.11. The zero-order valence-electron chi connectivity index (χ0n) is 18.2. The lowest BCUT2D eigenvalue weighted by Crippen LogP contribution is -2.29. The van der Waals surface area contributed by atoms with Gasteiger partial charge in [0.25, 0.3) is 0 Å². The van der Waals surface area contributed by atoms with Crippen molar-refractivity contribution in [1.82, 2.24) is 0 Å². The monoisotopic (exact) mass is 311 g/mol. The maximum atomic E-state index is 9.24. The molecule has 106 valence electrons. The summed E-state index contributed by atoms with van der Waals surface area (Å²) in [6.45, 7) is 0. The van der Waals surface area contributed by atoms with Crippen molar-refractivity contribution in [1.29, 1.82) is 0 Å². The first-order chi connectivity index (χ1) is 13.6. The summed E-state index contributed by atoms with van der Waals surface area (Å²) in [5, 5.41) is 18.8. The first-order valence-corrected chi connectivity index (χ1v) is 7.35. The number of rotatable bonds is 2. The Labute approximate surface area is 142 Å². The van der Waals surface area contributed by atoms with Gasteiger partial charge in [0.1, 0.15) is 0 Å². The van der Waals surface area contributed by atoms with Crippen LogP contribution in [-0.4, -0.2) is 17.2 Å². The van der Waals surface area contributed by atoms with Gasteiger partial charge in [-0.05, 0) is 28.7 Å². The quantitative estimate of drug-likeness (QED) is 0.557. The maximum Gasteiger partial charge on any atom is 0.488 e. The Balaban J connectivity index is 2.11. The van der Waals surface area contributed by atoms with Crippen molar-refractivity contribution in [3.05, 3.63) is 66.6 Å². The van der Waals surface area contributed by atoms with Crippen LogP contribution in [-0.2, 0) is 0 Å². The van der Waals surface area contributed by atoms with Crippen LogP contribution in [0, 0.1) is 0 Å². The summed E-state index contributed by atoms with van der Waals surface area (Å²) in [7, 11) is -1.64. The van der Waals surface area contributed by atoms with Gasteiger partial charge in [-0.2, -0.15) is 0 Å². The van der Waals surface area contributed by atoms with Crippen LogP contribution in [0.3, 0.4) is 0 Å². The van der Waals surface area contributed by atoms with Gasteiger partial charge in [0.05, 0.1) is 9.60 Å². The van der Waals surface area contributed by atoms with Crippen LogP contribution in [0.1, 0.15) is 9.60 Å². The number of fused-ring (bicyclic) bond motifs is 3. The lowest BCUT2D eigenvalue weighted by Gasteiger charge is -2.04. The highest BCUT2D eigenvalue weighted by molar-refractivity contribution is 7.25. The Morgan fingerprint density at radius 1 is 0.818 bits per heavy atom. The molecule has 4 rings (SSSR count). The molecule has 3 aromatic carbocycles. The zero-order valence-corrected chi connectivity index (χ0v) is 12.0. The van der Waals surface area contributed by atoms with E-state index in [-0.39, 0.29) is 62.8 Å². The molecule has 2 N–H and O–H groups in total. The van der Waals surface area contributed by atoms with E-state index in [2.05, 4.69) is 0 Å². The Hall–Kier alpha value is -2.14. The first kappa shape index (κ1) is 7.93. The second kappa shape index (κ2) is 5.25. The number of hydrogen-bond acceptors (Lipinski definition) is 3. The van der Waals surface area contributed by atoms with Crippen LogP contribution in [0.15, 0.2) is 66.6 Å². The molecule has 22 heavy (non-hydrogen) atoms. The Morgan fingerprint density at radius 2 is 1.55 bits per heavy atom. The fourth-order valence-electron chi connectivity index (χ4n) is 2.26. The maximum absolute atomic E-state index is 9.24.